The van der Waals surface area contributed by atoms with Crippen molar-refractivity contribution in [1.82, 2.24) is 30.7 Å². The number of phenols is 1. The number of piperidine rings is 1. The van der Waals surface area contributed by atoms with Gasteiger partial charge in [-0.15, -0.1) is 10.2 Å². The molecule has 182 valence electrons. The minimum atomic E-state index is -0.250. The standard InChI is InChI=1S/C23H31N7O.CH2O2/c1-14-18(12-25-26-14)15-7-8-17(20(31)9-15)19-13-24-21(28-27-19)30(6)16-10-22(2,3)29-23(4,5)11-16;2-1-3/h7-9,12-13,16,29,31H,10-11H2,1-6H3,(H,25,26);1H,(H,2,3). The lowest BCUT2D eigenvalue weighted by Gasteiger charge is -2.48. The molecule has 0 amide bonds. The molecule has 0 radical (unpaired) electrons. The molecule has 10 heteroatoms. The van der Waals surface area contributed by atoms with Crippen LogP contribution in [0, 0.1) is 6.92 Å². The lowest BCUT2D eigenvalue weighted by molar-refractivity contribution is -0.122. The van der Waals surface area contributed by atoms with Crippen LogP contribution >= 0.6 is 0 Å². The molecule has 3 heterocycles. The van der Waals surface area contributed by atoms with E-state index in [4.69, 9.17) is 9.90 Å². The monoisotopic (exact) mass is 467 g/mol. The van der Waals surface area contributed by atoms with Crippen molar-refractivity contribution in [2.75, 3.05) is 11.9 Å². The van der Waals surface area contributed by atoms with E-state index in [0.29, 0.717) is 23.2 Å². The second-order valence-corrected chi connectivity index (χ2v) is 9.96. The summed E-state index contributed by atoms with van der Waals surface area (Å²) in [5.41, 5.74) is 4.01. The summed E-state index contributed by atoms with van der Waals surface area (Å²) in [6.45, 7) is 10.6. The average Bonchev–Trinajstić information content (AvgIpc) is 3.17. The van der Waals surface area contributed by atoms with E-state index in [9.17, 15) is 5.11 Å². The van der Waals surface area contributed by atoms with Crippen molar-refractivity contribution in [1.29, 1.82) is 0 Å². The molecule has 3 aromatic rings. The van der Waals surface area contributed by atoms with Gasteiger partial charge in [-0.25, -0.2) is 4.98 Å². The fraction of sp³-hybridized carbons (Fsp3) is 0.458. The highest BCUT2D eigenvalue weighted by Gasteiger charge is 2.39. The number of hydrogen-bond donors (Lipinski definition) is 4. The molecule has 1 fully saturated rings. The summed E-state index contributed by atoms with van der Waals surface area (Å²) in [6, 6.07) is 5.80. The summed E-state index contributed by atoms with van der Waals surface area (Å²) < 4.78 is 0. The van der Waals surface area contributed by atoms with Crippen molar-refractivity contribution in [2.45, 2.75) is 64.6 Å². The number of aromatic amines is 1. The highest BCUT2D eigenvalue weighted by atomic mass is 16.3. The average molecular weight is 468 g/mol. The van der Waals surface area contributed by atoms with Crippen LogP contribution in [0.1, 0.15) is 46.2 Å². The Bertz CT molecular complexity index is 1110. The van der Waals surface area contributed by atoms with Crippen LogP contribution in [-0.2, 0) is 4.79 Å². The van der Waals surface area contributed by atoms with E-state index < -0.39 is 0 Å². The third-order valence-corrected chi connectivity index (χ3v) is 6.00. The molecule has 0 aliphatic carbocycles. The molecule has 0 unspecified atom stereocenters. The number of anilines is 1. The van der Waals surface area contributed by atoms with Crippen LogP contribution < -0.4 is 10.2 Å². The van der Waals surface area contributed by atoms with Gasteiger partial charge >= 0.3 is 0 Å². The molecule has 0 bridgehead atoms. The van der Waals surface area contributed by atoms with Crippen molar-refractivity contribution in [2.24, 2.45) is 0 Å². The zero-order valence-electron chi connectivity index (χ0n) is 20.5. The second kappa shape index (κ2) is 9.76. The number of aromatic hydroxyl groups is 1. The minimum absolute atomic E-state index is 0.0366. The number of benzene rings is 1. The van der Waals surface area contributed by atoms with Crippen LogP contribution in [0.4, 0.5) is 5.95 Å². The van der Waals surface area contributed by atoms with Gasteiger partial charge in [0, 0.05) is 41.0 Å². The van der Waals surface area contributed by atoms with E-state index >= 15 is 0 Å². The van der Waals surface area contributed by atoms with Crippen molar-refractivity contribution in [3.05, 3.63) is 36.3 Å². The first-order chi connectivity index (χ1) is 16.0. The third kappa shape index (κ3) is 5.69. The van der Waals surface area contributed by atoms with Gasteiger partial charge in [-0.1, -0.05) is 6.07 Å². The molecule has 1 saturated heterocycles. The van der Waals surface area contributed by atoms with Crippen LogP contribution in [0.3, 0.4) is 0 Å². The minimum Gasteiger partial charge on any atom is -0.507 e. The Hall–Kier alpha value is -3.53. The van der Waals surface area contributed by atoms with Gasteiger partial charge in [-0.3, -0.25) is 9.89 Å². The number of carboxylic acid groups (broad SMARTS) is 1. The molecule has 1 aliphatic rings. The van der Waals surface area contributed by atoms with E-state index in [0.717, 1.165) is 29.7 Å². The molecule has 0 spiro atoms. The predicted octanol–water partition coefficient (Wildman–Crippen LogP) is 3.39. The maximum absolute atomic E-state index is 10.6. The molecular formula is C24H33N7O3. The number of hydrogen-bond acceptors (Lipinski definition) is 8. The molecular weight excluding hydrogens is 434 g/mol. The maximum Gasteiger partial charge on any atom is 0.290 e. The Balaban J connectivity index is 0.00000103. The highest BCUT2D eigenvalue weighted by molar-refractivity contribution is 5.74. The molecule has 4 N–H and O–H groups in total. The molecule has 2 aromatic heterocycles. The third-order valence-electron chi connectivity index (χ3n) is 6.00. The normalized spacial score (nSPS) is 16.9. The zero-order valence-corrected chi connectivity index (χ0v) is 20.5. The van der Waals surface area contributed by atoms with Gasteiger partial charge in [0.1, 0.15) is 11.4 Å². The highest BCUT2D eigenvalue weighted by Crippen LogP contribution is 2.34. The van der Waals surface area contributed by atoms with Gasteiger partial charge in [-0.2, -0.15) is 5.10 Å². The van der Waals surface area contributed by atoms with Crippen molar-refractivity contribution >= 4 is 12.4 Å². The smallest absolute Gasteiger partial charge is 0.290 e. The van der Waals surface area contributed by atoms with E-state index in [-0.39, 0.29) is 23.3 Å². The summed E-state index contributed by atoms with van der Waals surface area (Å²) in [4.78, 5) is 15.0. The van der Waals surface area contributed by atoms with Gasteiger partial charge in [0.25, 0.3) is 6.47 Å². The van der Waals surface area contributed by atoms with Crippen LogP contribution in [0.5, 0.6) is 5.75 Å². The van der Waals surface area contributed by atoms with Gasteiger partial charge in [0.05, 0.1) is 12.4 Å². The number of carbonyl (C=O) groups is 1. The molecule has 0 saturated carbocycles. The number of nitrogens with one attached hydrogen (secondary N) is 2. The Morgan fingerprint density at radius 2 is 1.74 bits per heavy atom. The number of rotatable bonds is 4. The van der Waals surface area contributed by atoms with Crippen LogP contribution in [0.2, 0.25) is 0 Å². The van der Waals surface area contributed by atoms with Crippen LogP contribution in [0.15, 0.2) is 30.6 Å². The molecule has 0 atom stereocenters. The molecule has 1 aliphatic heterocycles. The Kier molecular flexibility index (Phi) is 7.21. The predicted molar refractivity (Wildman–Crippen MR) is 131 cm³/mol. The van der Waals surface area contributed by atoms with Gasteiger partial charge in [0.2, 0.25) is 5.95 Å². The largest absolute Gasteiger partial charge is 0.507 e. The summed E-state index contributed by atoms with van der Waals surface area (Å²) >= 11 is 0. The summed E-state index contributed by atoms with van der Waals surface area (Å²) in [5, 5.41) is 36.9. The molecule has 1 aromatic carbocycles. The molecule has 10 nitrogen and oxygen atoms in total. The van der Waals surface area contributed by atoms with E-state index in [1.807, 2.05) is 26.1 Å². The Morgan fingerprint density at radius 1 is 1.09 bits per heavy atom. The zero-order chi connectivity index (χ0) is 25.1. The number of phenolic OH excluding ortho intramolecular Hbond substituents is 1. The summed E-state index contributed by atoms with van der Waals surface area (Å²) in [7, 11) is 2.03. The first kappa shape index (κ1) is 25.1. The van der Waals surface area contributed by atoms with E-state index in [2.05, 4.69) is 63.3 Å². The van der Waals surface area contributed by atoms with Crippen molar-refractivity contribution in [3.8, 4) is 28.1 Å². The van der Waals surface area contributed by atoms with Crippen molar-refractivity contribution < 1.29 is 15.0 Å². The number of aryl methyl sites for hydroxylation is 1. The van der Waals surface area contributed by atoms with Crippen LogP contribution in [-0.4, -0.2) is 66.2 Å². The number of nitrogens with zero attached hydrogens (tertiary/aromatic N) is 5. The molecule has 4 rings (SSSR count). The Labute approximate surface area is 199 Å². The van der Waals surface area contributed by atoms with E-state index in [1.54, 1.807) is 18.5 Å². The van der Waals surface area contributed by atoms with E-state index in [1.165, 1.54) is 0 Å². The first-order valence-corrected chi connectivity index (χ1v) is 11.1. The van der Waals surface area contributed by atoms with Crippen LogP contribution in [0.25, 0.3) is 22.4 Å². The number of H-pyrrole nitrogens is 1. The number of aromatic nitrogens is 5. The van der Waals surface area contributed by atoms with Gasteiger partial charge < -0.3 is 20.4 Å². The second-order valence-electron chi connectivity index (χ2n) is 9.96. The summed E-state index contributed by atoms with van der Waals surface area (Å²) in [6.07, 6.45) is 5.41. The van der Waals surface area contributed by atoms with Crippen molar-refractivity contribution in [3.63, 3.8) is 0 Å². The Morgan fingerprint density at radius 3 is 2.24 bits per heavy atom. The summed E-state index contributed by atoms with van der Waals surface area (Å²) in [5.74, 6) is 0.726. The first-order valence-electron chi connectivity index (χ1n) is 11.1. The van der Waals surface area contributed by atoms with Gasteiger partial charge in [0.15, 0.2) is 0 Å². The fourth-order valence-corrected chi connectivity index (χ4v) is 4.82. The maximum atomic E-state index is 10.6. The lowest BCUT2D eigenvalue weighted by atomic mass is 9.79. The lowest BCUT2D eigenvalue weighted by Crippen LogP contribution is -2.62. The topological polar surface area (TPSA) is 140 Å². The quantitative estimate of drug-likeness (QED) is 0.425. The SMILES string of the molecule is Cc1[nH]ncc1-c1ccc(-c2cnc(N(C)C3CC(C)(C)NC(C)(C)C3)nn2)c(O)c1.O=CO. The van der Waals surface area contributed by atoms with Gasteiger partial charge in [-0.05, 0) is 65.2 Å². The molecule has 34 heavy (non-hydrogen) atoms. The fourth-order valence-electron chi connectivity index (χ4n) is 4.82.